The van der Waals surface area contributed by atoms with E-state index in [0.717, 1.165) is 11.8 Å². The van der Waals surface area contributed by atoms with E-state index in [2.05, 4.69) is 21.3 Å². The van der Waals surface area contributed by atoms with Crippen LogP contribution in [-0.2, 0) is 43.3 Å². The van der Waals surface area contributed by atoms with Gasteiger partial charge >= 0.3 is 213 Å². The third kappa shape index (κ3) is 9.41. The molecule has 15 heteroatoms. The predicted octanol–water partition coefficient (Wildman–Crippen LogP) is -3.90. The number of primary amides is 1. The van der Waals surface area contributed by atoms with Gasteiger partial charge in [0.1, 0.15) is 0 Å². The van der Waals surface area contributed by atoms with E-state index in [1.54, 1.807) is 13.3 Å². The van der Waals surface area contributed by atoms with Gasteiger partial charge < -0.3 is 0 Å². The van der Waals surface area contributed by atoms with Gasteiger partial charge in [0.05, 0.1) is 0 Å². The third-order valence-corrected chi connectivity index (χ3v) is 7.25. The van der Waals surface area contributed by atoms with Crippen LogP contribution in [0.3, 0.4) is 0 Å². The molecule has 0 aliphatic carbocycles. The summed E-state index contributed by atoms with van der Waals surface area (Å²) in [6.07, 6.45) is 1.82. The van der Waals surface area contributed by atoms with Gasteiger partial charge in [0, 0.05) is 0 Å². The first-order valence-electron chi connectivity index (χ1n) is 10.4. The van der Waals surface area contributed by atoms with Crippen LogP contribution in [0.15, 0.2) is 0 Å². The van der Waals surface area contributed by atoms with Gasteiger partial charge in [0.25, 0.3) is 0 Å². The number of nitrogens with two attached hydrogens (primary N) is 2. The van der Waals surface area contributed by atoms with Crippen LogP contribution >= 0.6 is 11.8 Å². The number of carboxylic acids is 1. The Kier molecular flexibility index (Phi) is 12.9. The van der Waals surface area contributed by atoms with Crippen molar-refractivity contribution in [2.24, 2.45) is 11.5 Å². The summed E-state index contributed by atoms with van der Waals surface area (Å²) in [6, 6.07) is -5.17. The van der Waals surface area contributed by atoms with Gasteiger partial charge in [-0.1, -0.05) is 0 Å². The molecule has 192 valence electrons. The molecule has 6 atom stereocenters. The van der Waals surface area contributed by atoms with Crippen molar-refractivity contribution in [1.82, 2.24) is 21.3 Å². The summed E-state index contributed by atoms with van der Waals surface area (Å²) >= 11 is 2.43. The average Bonchev–Trinajstić information content (AvgIpc) is 2.75. The Hall–Kier alpha value is -1.86. The summed E-state index contributed by atoms with van der Waals surface area (Å²) in [5.41, 5.74) is 11.2. The number of hydrogen-bond donors (Lipinski definition) is 8. The number of hydrogen-bond acceptors (Lipinski definition) is 9. The summed E-state index contributed by atoms with van der Waals surface area (Å²) in [7, 11) is 0. The number of carbonyl (C=O) groups excluding carboxylic acids is 4. The van der Waals surface area contributed by atoms with Crippen molar-refractivity contribution in [3.05, 3.63) is 6.42 Å². The molecular weight excluding hydrogens is 552 g/mol. The van der Waals surface area contributed by atoms with Crippen LogP contribution in [0.5, 0.6) is 0 Å². The molecule has 1 fully saturated rings. The summed E-state index contributed by atoms with van der Waals surface area (Å²) in [5, 5.41) is 28.7. The number of thioether (sulfide) groups is 1. The zero-order valence-corrected chi connectivity index (χ0v) is 21.6. The molecule has 34 heavy (non-hydrogen) atoms. The van der Waals surface area contributed by atoms with Gasteiger partial charge in [-0.2, -0.15) is 0 Å². The van der Waals surface area contributed by atoms with Crippen molar-refractivity contribution >= 4 is 45.4 Å². The van der Waals surface area contributed by atoms with E-state index < -0.39 is 71.7 Å². The molecule has 1 aliphatic heterocycles. The zero-order valence-electron chi connectivity index (χ0n) is 18.8. The molecule has 1 aliphatic rings. The van der Waals surface area contributed by atoms with E-state index in [1.807, 2.05) is 0 Å². The van der Waals surface area contributed by atoms with E-state index in [-0.39, 0.29) is 12.2 Å². The summed E-state index contributed by atoms with van der Waals surface area (Å²) in [6.45, 7) is 2.39. The fourth-order valence-electron chi connectivity index (χ4n) is 3.00. The molecule has 1 saturated heterocycles. The quantitative estimate of drug-likeness (QED) is 0.112. The third-order valence-electron chi connectivity index (χ3n) is 4.82. The molecular formula is C19H31MoN6O7S-. The Balaban J connectivity index is 3.34. The number of aliphatic hydroxyl groups is 1. The van der Waals surface area contributed by atoms with E-state index in [4.69, 9.17) is 11.5 Å². The van der Waals surface area contributed by atoms with Crippen molar-refractivity contribution in [2.45, 2.75) is 62.1 Å². The number of aliphatic carboxylic acids is 1. The number of carboxylic acid groups (broad SMARTS) is 1. The van der Waals surface area contributed by atoms with Crippen LogP contribution in [-0.4, -0.2) is 91.7 Å². The second-order valence-corrected chi connectivity index (χ2v) is 9.92. The van der Waals surface area contributed by atoms with Gasteiger partial charge in [0.2, 0.25) is 0 Å². The molecule has 1 rings (SSSR count). The molecule has 4 amide bonds. The summed E-state index contributed by atoms with van der Waals surface area (Å²) < 4.78 is 0.405. The normalized spacial score (nSPS) is 30.1. The molecule has 0 radical (unpaired) electrons. The van der Waals surface area contributed by atoms with Crippen molar-refractivity contribution in [3.8, 4) is 0 Å². The number of nitrogens with one attached hydrogen (secondary N) is 4. The Bertz CT molecular complexity index is 801. The Labute approximate surface area is 212 Å². The fraction of sp³-hybridized carbons (Fsp3) is 0.632. The van der Waals surface area contributed by atoms with Crippen LogP contribution in [0.2, 0.25) is 0 Å². The predicted molar refractivity (Wildman–Crippen MR) is 121 cm³/mol. The second kappa shape index (κ2) is 14.5. The van der Waals surface area contributed by atoms with Gasteiger partial charge in [-0.15, -0.1) is 0 Å². The molecule has 13 nitrogen and oxygen atoms in total. The van der Waals surface area contributed by atoms with E-state index in [1.165, 1.54) is 26.3 Å². The number of amides is 4. The van der Waals surface area contributed by atoms with Crippen molar-refractivity contribution < 1.29 is 53.5 Å². The standard InChI is InChI=1S/C19H31N6O7S.Mo/c1-3-4-12-15(19(31)32)33-8-11(20)17(29)25-13(7-26)18(30)23-9(2)16(28)24-10(6-22-12)5-14(21)27;/h3,9-13,15,22,26H,4-5,7-8,20H2,1-2H3,(H2,21,27)(H,23,30)(H,24,28)(H,25,29)(H,31,32);/q-1;/t9?,10?,11-,12?,13?,15?;/m0./s1. The molecule has 0 spiro atoms. The van der Waals surface area contributed by atoms with Crippen molar-refractivity contribution in [2.75, 3.05) is 12.4 Å². The van der Waals surface area contributed by atoms with Crippen LogP contribution in [0, 0.1) is 6.42 Å². The minimum atomic E-state index is -1.37. The first-order valence-corrected chi connectivity index (χ1v) is 12.4. The SMILES string of the molecule is C[CH-]CC1N[C](=[Mo])C(CC(N)=O)NC(=O)C(C)NC(=O)C(CO)NC(=O)[C@@H](N)CSC1C(=O)O. The maximum absolute atomic E-state index is 12.7. The van der Waals surface area contributed by atoms with Crippen molar-refractivity contribution in [1.29, 1.82) is 0 Å². The molecule has 0 aromatic rings. The Morgan fingerprint density at radius 2 is 1.74 bits per heavy atom. The maximum atomic E-state index is 12.7. The number of aliphatic hydroxyl groups excluding tert-OH is 1. The zero-order chi connectivity index (χ0) is 26.0. The summed E-state index contributed by atoms with van der Waals surface area (Å²) in [5.74, 6) is -4.16. The van der Waals surface area contributed by atoms with Crippen LogP contribution in [0.1, 0.15) is 26.7 Å². The van der Waals surface area contributed by atoms with Gasteiger partial charge in [0.15, 0.2) is 0 Å². The Morgan fingerprint density at radius 1 is 1.12 bits per heavy atom. The van der Waals surface area contributed by atoms with Gasteiger partial charge in [-0.3, -0.25) is 0 Å². The molecule has 1 heterocycles. The molecule has 10 N–H and O–H groups in total. The molecule has 0 aromatic carbocycles. The van der Waals surface area contributed by atoms with Gasteiger partial charge in [-0.25, -0.2) is 0 Å². The number of rotatable bonds is 6. The second-order valence-electron chi connectivity index (χ2n) is 7.66. The number of carbonyl (C=O) groups is 5. The van der Waals surface area contributed by atoms with Crippen LogP contribution in [0.4, 0.5) is 0 Å². The van der Waals surface area contributed by atoms with E-state index in [9.17, 15) is 34.2 Å². The molecule has 0 saturated carbocycles. The van der Waals surface area contributed by atoms with Crippen LogP contribution < -0.4 is 32.7 Å². The van der Waals surface area contributed by atoms with E-state index in [0.29, 0.717) is 10.4 Å². The average molecular weight is 583 g/mol. The molecule has 5 unspecified atom stereocenters. The fourth-order valence-corrected chi connectivity index (χ4v) is 4.84. The first kappa shape index (κ1) is 30.2. The van der Waals surface area contributed by atoms with Gasteiger partial charge in [-0.05, 0) is 0 Å². The molecule has 0 aromatic heterocycles. The molecule has 0 bridgehead atoms. The summed E-state index contributed by atoms with van der Waals surface area (Å²) in [4.78, 5) is 61.2. The van der Waals surface area contributed by atoms with E-state index >= 15 is 0 Å². The topological polar surface area (TPSA) is 226 Å². The first-order chi connectivity index (χ1) is 15.9. The monoisotopic (exact) mass is 585 g/mol. The minimum absolute atomic E-state index is 0.0812. The van der Waals surface area contributed by atoms with Crippen molar-refractivity contribution in [3.63, 3.8) is 0 Å². The van der Waals surface area contributed by atoms with Crippen LogP contribution in [0.25, 0.3) is 0 Å². The Morgan fingerprint density at radius 3 is 2.26 bits per heavy atom.